The molecule has 3 aromatic carbocycles. The number of likely N-dealkylation sites (N-methyl/N-ethyl adjacent to an activating group) is 1. The Labute approximate surface area is 247 Å². The molecule has 0 saturated carbocycles. The van der Waals surface area contributed by atoms with Gasteiger partial charge in [-0.15, -0.1) is 0 Å². The van der Waals surface area contributed by atoms with Crippen LogP contribution >= 0.6 is 23.2 Å². The zero-order valence-electron chi connectivity index (χ0n) is 22.6. The van der Waals surface area contributed by atoms with Gasteiger partial charge in [0, 0.05) is 35.3 Å². The van der Waals surface area contributed by atoms with E-state index >= 15 is 0 Å². The van der Waals surface area contributed by atoms with E-state index in [-0.39, 0.29) is 33.4 Å². The Morgan fingerprint density at radius 3 is 2.29 bits per heavy atom. The number of amides is 2. The number of benzene rings is 3. The molecule has 0 spiro atoms. The molecule has 0 bridgehead atoms. The van der Waals surface area contributed by atoms with Crippen molar-refractivity contribution in [3.63, 3.8) is 0 Å². The Kier molecular flexibility index (Phi) is 10.2. The summed E-state index contributed by atoms with van der Waals surface area (Å²) in [6.07, 6.45) is 0. The number of nitro groups is 1. The average Bonchev–Trinajstić information content (AvgIpc) is 2.94. The Morgan fingerprint density at radius 2 is 1.73 bits per heavy atom. The number of anilines is 1. The van der Waals surface area contributed by atoms with E-state index < -0.39 is 39.3 Å². The van der Waals surface area contributed by atoms with Crippen LogP contribution in [0.5, 0.6) is 5.75 Å². The first-order valence-electron chi connectivity index (χ1n) is 12.2. The predicted molar refractivity (Wildman–Crippen MR) is 156 cm³/mol. The smallest absolute Gasteiger partial charge is 0.273 e. The van der Waals surface area contributed by atoms with Crippen LogP contribution in [-0.2, 0) is 26.2 Å². The van der Waals surface area contributed by atoms with Gasteiger partial charge in [0.1, 0.15) is 18.3 Å². The van der Waals surface area contributed by atoms with Crippen molar-refractivity contribution in [1.29, 1.82) is 0 Å². The first-order valence-corrected chi connectivity index (χ1v) is 14.4. The van der Waals surface area contributed by atoms with Gasteiger partial charge in [-0.05, 0) is 61.9 Å². The quantitative estimate of drug-likeness (QED) is 0.244. The fraction of sp³-hybridized carbons (Fsp3) is 0.259. The summed E-state index contributed by atoms with van der Waals surface area (Å²) < 4.78 is 33.9. The number of rotatable bonds is 11. The molecule has 14 heteroatoms. The van der Waals surface area contributed by atoms with Gasteiger partial charge in [-0.2, -0.15) is 0 Å². The van der Waals surface area contributed by atoms with Gasteiger partial charge in [-0.1, -0.05) is 35.3 Å². The van der Waals surface area contributed by atoms with Crippen molar-refractivity contribution >= 4 is 56.4 Å². The lowest BCUT2D eigenvalue weighted by atomic mass is 10.1. The van der Waals surface area contributed by atoms with Crippen LogP contribution in [0.1, 0.15) is 18.1 Å². The predicted octanol–water partition coefficient (Wildman–Crippen LogP) is 4.58. The minimum absolute atomic E-state index is 0.0967. The van der Waals surface area contributed by atoms with Gasteiger partial charge in [0.25, 0.3) is 15.7 Å². The maximum atomic E-state index is 13.9. The zero-order valence-corrected chi connectivity index (χ0v) is 25.0. The third-order valence-electron chi connectivity index (χ3n) is 6.37. The third kappa shape index (κ3) is 7.26. The lowest BCUT2D eigenvalue weighted by Crippen LogP contribution is -2.50. The van der Waals surface area contributed by atoms with Crippen molar-refractivity contribution in [1.82, 2.24) is 10.2 Å². The van der Waals surface area contributed by atoms with Crippen LogP contribution in [0.4, 0.5) is 11.4 Å². The molecule has 0 aromatic heterocycles. The van der Waals surface area contributed by atoms with Crippen LogP contribution in [0.25, 0.3) is 0 Å². The van der Waals surface area contributed by atoms with Crippen molar-refractivity contribution in [2.24, 2.45) is 0 Å². The standard InChI is InChI=1S/C27H28Cl2N4O7S/c1-17-5-12-23(14-25(17)33(36)37)41(38,39)32(21-8-10-22(40-4)11-9-21)16-26(34)31(18(2)27(35)30-3)15-19-6-7-20(28)13-24(19)29/h5-14,18H,15-16H2,1-4H3,(H,30,35)/t18-/m1/s1. The SMILES string of the molecule is CNC(=O)[C@@H](C)N(Cc1ccc(Cl)cc1Cl)C(=O)CN(c1ccc(OC)cc1)S(=O)(=O)c1ccc(C)c([N+](=O)[O-])c1. The van der Waals surface area contributed by atoms with Gasteiger partial charge < -0.3 is 15.0 Å². The number of nitrogens with zero attached hydrogens (tertiary/aromatic N) is 3. The largest absolute Gasteiger partial charge is 0.497 e. The summed E-state index contributed by atoms with van der Waals surface area (Å²) in [5.41, 5.74) is 0.457. The molecule has 0 radical (unpaired) electrons. The van der Waals surface area contributed by atoms with E-state index in [4.69, 9.17) is 27.9 Å². The van der Waals surface area contributed by atoms with E-state index in [1.54, 1.807) is 12.1 Å². The van der Waals surface area contributed by atoms with E-state index in [1.165, 1.54) is 75.4 Å². The number of halogens is 2. The van der Waals surface area contributed by atoms with Gasteiger partial charge in [-0.3, -0.25) is 24.0 Å². The van der Waals surface area contributed by atoms with Crippen molar-refractivity contribution in [2.45, 2.75) is 31.3 Å². The van der Waals surface area contributed by atoms with Crippen molar-refractivity contribution in [3.05, 3.63) is 92.0 Å². The van der Waals surface area contributed by atoms with Crippen LogP contribution in [-0.4, -0.2) is 56.8 Å². The summed E-state index contributed by atoms with van der Waals surface area (Å²) in [6, 6.07) is 13.1. The summed E-state index contributed by atoms with van der Waals surface area (Å²) in [6.45, 7) is 2.12. The van der Waals surface area contributed by atoms with Gasteiger partial charge >= 0.3 is 0 Å². The highest BCUT2D eigenvalue weighted by Gasteiger charge is 2.33. The minimum atomic E-state index is -4.52. The minimum Gasteiger partial charge on any atom is -0.497 e. The molecule has 0 fully saturated rings. The summed E-state index contributed by atoms with van der Waals surface area (Å²) in [5, 5.41) is 14.7. The monoisotopic (exact) mass is 622 g/mol. The number of hydrogen-bond acceptors (Lipinski definition) is 7. The van der Waals surface area contributed by atoms with E-state index in [9.17, 15) is 28.1 Å². The zero-order chi connectivity index (χ0) is 30.5. The number of sulfonamides is 1. The lowest BCUT2D eigenvalue weighted by Gasteiger charge is -2.32. The van der Waals surface area contributed by atoms with Gasteiger partial charge in [0.05, 0.1) is 22.6 Å². The van der Waals surface area contributed by atoms with Crippen LogP contribution in [0, 0.1) is 17.0 Å². The maximum Gasteiger partial charge on any atom is 0.273 e. The lowest BCUT2D eigenvalue weighted by molar-refractivity contribution is -0.385. The Morgan fingerprint density at radius 1 is 1.07 bits per heavy atom. The van der Waals surface area contributed by atoms with Crippen LogP contribution in [0.3, 0.4) is 0 Å². The molecule has 3 rings (SSSR count). The number of ether oxygens (including phenoxy) is 1. The number of hydrogen-bond donors (Lipinski definition) is 1. The van der Waals surface area contributed by atoms with Crippen molar-refractivity contribution < 1.29 is 27.7 Å². The normalized spacial score (nSPS) is 11.9. The molecule has 1 atom stereocenters. The van der Waals surface area contributed by atoms with E-state index in [1.807, 2.05) is 0 Å². The molecule has 1 N–H and O–H groups in total. The Bertz CT molecular complexity index is 1570. The van der Waals surface area contributed by atoms with Gasteiger partial charge in [0.2, 0.25) is 11.8 Å². The molecule has 0 saturated heterocycles. The van der Waals surface area contributed by atoms with Crippen LogP contribution in [0.15, 0.2) is 65.6 Å². The first-order chi connectivity index (χ1) is 19.3. The summed E-state index contributed by atoms with van der Waals surface area (Å²) in [4.78, 5) is 38.1. The van der Waals surface area contributed by atoms with Crippen LogP contribution < -0.4 is 14.4 Å². The number of nitro benzene ring substituents is 1. The fourth-order valence-corrected chi connectivity index (χ4v) is 5.88. The second-order valence-electron chi connectivity index (χ2n) is 8.96. The van der Waals surface area contributed by atoms with Crippen molar-refractivity contribution in [2.75, 3.05) is 25.0 Å². The molecular weight excluding hydrogens is 595 g/mol. The molecule has 0 unspecified atom stereocenters. The number of carbonyl (C=O) groups is 2. The second kappa shape index (κ2) is 13.2. The second-order valence-corrected chi connectivity index (χ2v) is 11.7. The topological polar surface area (TPSA) is 139 Å². The Hall–Kier alpha value is -3.87. The van der Waals surface area contributed by atoms with Gasteiger partial charge in [0.15, 0.2) is 0 Å². The number of nitrogens with one attached hydrogen (secondary N) is 1. The third-order valence-corrected chi connectivity index (χ3v) is 8.73. The summed E-state index contributed by atoms with van der Waals surface area (Å²) >= 11 is 12.3. The van der Waals surface area contributed by atoms with E-state index in [0.717, 1.165) is 10.4 Å². The first kappa shape index (κ1) is 31.7. The summed E-state index contributed by atoms with van der Waals surface area (Å²) in [7, 11) is -1.66. The molecule has 0 heterocycles. The maximum absolute atomic E-state index is 13.9. The molecule has 0 aliphatic carbocycles. The molecular formula is C27H28Cl2N4O7S. The van der Waals surface area contributed by atoms with E-state index in [0.29, 0.717) is 16.3 Å². The highest BCUT2D eigenvalue weighted by molar-refractivity contribution is 7.92. The molecule has 2 amide bonds. The highest BCUT2D eigenvalue weighted by atomic mass is 35.5. The highest BCUT2D eigenvalue weighted by Crippen LogP contribution is 2.30. The van der Waals surface area contributed by atoms with Gasteiger partial charge in [-0.25, -0.2) is 8.42 Å². The average molecular weight is 624 g/mol. The van der Waals surface area contributed by atoms with E-state index in [2.05, 4.69) is 5.32 Å². The molecule has 218 valence electrons. The number of methoxy groups -OCH3 is 1. The molecule has 0 aliphatic rings. The molecule has 41 heavy (non-hydrogen) atoms. The molecule has 0 aliphatic heterocycles. The molecule has 11 nitrogen and oxygen atoms in total. The number of aryl methyl sites for hydroxylation is 1. The van der Waals surface area contributed by atoms with Crippen molar-refractivity contribution in [3.8, 4) is 5.75 Å². The summed E-state index contributed by atoms with van der Waals surface area (Å²) in [5.74, 6) is -0.778. The fourth-order valence-electron chi connectivity index (χ4n) is 3.98. The molecule has 3 aromatic rings. The number of carbonyl (C=O) groups excluding carboxylic acids is 2. The van der Waals surface area contributed by atoms with Crippen LogP contribution in [0.2, 0.25) is 10.0 Å². The Balaban J connectivity index is 2.11.